The number of carbonyl (C=O) groups is 2. The van der Waals surface area contributed by atoms with Crippen molar-refractivity contribution >= 4 is 18.0 Å². The number of hydrogen-bond donors (Lipinski definition) is 2. The van der Waals surface area contributed by atoms with Crippen molar-refractivity contribution in [1.29, 1.82) is 0 Å². The van der Waals surface area contributed by atoms with Crippen LogP contribution in [0.4, 0.5) is 4.79 Å². The Morgan fingerprint density at radius 1 is 1.05 bits per heavy atom. The van der Waals surface area contributed by atoms with Crippen LogP contribution in [-0.4, -0.2) is 43.0 Å². The molecule has 0 unspecified atom stereocenters. The number of nitrogens with zero attached hydrogens (tertiary/aromatic N) is 1. The number of rotatable bonds is 5. The minimum atomic E-state index is -0.317. The molecule has 5 nitrogen and oxygen atoms in total. The quantitative estimate of drug-likeness (QED) is 0.874. The molecule has 0 saturated carbocycles. The molecule has 0 aliphatic carbocycles. The second-order valence-corrected chi connectivity index (χ2v) is 5.32. The van der Waals surface area contributed by atoms with E-state index in [1.54, 1.807) is 0 Å². The van der Waals surface area contributed by atoms with Crippen LogP contribution < -0.4 is 10.6 Å². The fraction of sp³-hybridized carbons (Fsp3) is 0.412. The van der Waals surface area contributed by atoms with Gasteiger partial charge in [-0.15, -0.1) is 0 Å². The molecule has 22 heavy (non-hydrogen) atoms. The average Bonchev–Trinajstić information content (AvgIpc) is 2.58. The van der Waals surface area contributed by atoms with Gasteiger partial charge in [0.25, 0.3) is 0 Å². The van der Waals surface area contributed by atoms with E-state index < -0.39 is 0 Å². The minimum absolute atomic E-state index is 0.00493. The van der Waals surface area contributed by atoms with Crippen molar-refractivity contribution in [1.82, 2.24) is 15.5 Å². The van der Waals surface area contributed by atoms with Gasteiger partial charge in [-0.2, -0.15) is 0 Å². The zero-order valence-corrected chi connectivity index (χ0v) is 12.8. The Kier molecular flexibility index (Phi) is 6.48. The predicted molar refractivity (Wildman–Crippen MR) is 87.3 cm³/mol. The zero-order valence-electron chi connectivity index (χ0n) is 12.8. The van der Waals surface area contributed by atoms with Crippen molar-refractivity contribution < 1.29 is 9.59 Å². The third kappa shape index (κ3) is 5.60. The van der Waals surface area contributed by atoms with Gasteiger partial charge >= 0.3 is 6.03 Å². The van der Waals surface area contributed by atoms with E-state index in [0.717, 1.165) is 31.5 Å². The summed E-state index contributed by atoms with van der Waals surface area (Å²) >= 11 is 0. The fourth-order valence-electron chi connectivity index (χ4n) is 2.38. The Labute approximate surface area is 131 Å². The summed E-state index contributed by atoms with van der Waals surface area (Å²) in [5.74, 6) is -0.00493. The summed E-state index contributed by atoms with van der Waals surface area (Å²) in [5, 5.41) is 5.31. The molecule has 2 rings (SSSR count). The molecule has 1 aliphatic heterocycles. The Morgan fingerprint density at radius 3 is 2.50 bits per heavy atom. The molecule has 1 aliphatic rings. The van der Waals surface area contributed by atoms with Gasteiger partial charge < -0.3 is 15.5 Å². The number of piperidine rings is 1. The highest BCUT2D eigenvalue weighted by Crippen LogP contribution is 2.08. The maximum absolute atomic E-state index is 11.9. The third-order valence-corrected chi connectivity index (χ3v) is 3.60. The Hall–Kier alpha value is -2.30. The molecule has 5 heteroatoms. The molecular weight excluding hydrogens is 278 g/mol. The minimum Gasteiger partial charge on any atom is -0.341 e. The molecule has 0 spiro atoms. The SMILES string of the molecule is O=C(NCC=Cc1ccccc1)NCC(=O)N1CCCCC1. The second kappa shape index (κ2) is 8.87. The maximum atomic E-state index is 11.9. The van der Waals surface area contributed by atoms with Gasteiger partial charge in [-0.3, -0.25) is 4.79 Å². The molecule has 2 N–H and O–H groups in total. The number of nitrogens with one attached hydrogen (secondary N) is 2. The molecule has 1 aromatic carbocycles. The first-order valence-electron chi connectivity index (χ1n) is 7.77. The van der Waals surface area contributed by atoms with E-state index in [1.165, 1.54) is 6.42 Å². The summed E-state index contributed by atoms with van der Waals surface area (Å²) in [6.45, 7) is 2.11. The highest BCUT2D eigenvalue weighted by Gasteiger charge is 2.16. The molecule has 0 atom stereocenters. The van der Waals surface area contributed by atoms with Crippen molar-refractivity contribution in [3.63, 3.8) is 0 Å². The molecule has 1 aromatic rings. The summed E-state index contributed by atoms with van der Waals surface area (Å²) in [6, 6.07) is 9.56. The van der Waals surface area contributed by atoms with E-state index in [4.69, 9.17) is 0 Å². The summed E-state index contributed by atoms with van der Waals surface area (Å²) in [7, 11) is 0. The van der Waals surface area contributed by atoms with Crippen LogP contribution in [0.15, 0.2) is 36.4 Å². The van der Waals surface area contributed by atoms with Gasteiger partial charge in [0.05, 0.1) is 6.54 Å². The third-order valence-electron chi connectivity index (χ3n) is 3.60. The van der Waals surface area contributed by atoms with E-state index in [2.05, 4.69) is 10.6 Å². The van der Waals surface area contributed by atoms with Gasteiger partial charge in [-0.1, -0.05) is 42.5 Å². The van der Waals surface area contributed by atoms with Gasteiger partial charge in [0.15, 0.2) is 0 Å². The number of benzene rings is 1. The van der Waals surface area contributed by atoms with Gasteiger partial charge in [-0.25, -0.2) is 4.79 Å². The van der Waals surface area contributed by atoms with Crippen LogP contribution in [0.1, 0.15) is 24.8 Å². The fourth-order valence-corrected chi connectivity index (χ4v) is 2.38. The van der Waals surface area contributed by atoms with E-state index in [-0.39, 0.29) is 18.5 Å². The Morgan fingerprint density at radius 2 is 1.77 bits per heavy atom. The normalized spacial score (nSPS) is 14.8. The number of likely N-dealkylation sites (tertiary alicyclic amines) is 1. The largest absolute Gasteiger partial charge is 0.341 e. The Balaban J connectivity index is 1.61. The highest BCUT2D eigenvalue weighted by atomic mass is 16.2. The molecule has 1 heterocycles. The Bertz CT molecular complexity index is 508. The first-order valence-corrected chi connectivity index (χ1v) is 7.77. The molecule has 0 radical (unpaired) electrons. The first-order chi connectivity index (χ1) is 10.8. The molecule has 1 fully saturated rings. The molecular formula is C17H23N3O2. The van der Waals surface area contributed by atoms with E-state index >= 15 is 0 Å². The highest BCUT2D eigenvalue weighted by molar-refractivity contribution is 5.84. The van der Waals surface area contributed by atoms with Gasteiger partial charge in [-0.05, 0) is 24.8 Å². The molecule has 118 valence electrons. The standard InChI is InChI=1S/C17H23N3O2/c21-16(20-12-5-2-6-13-20)14-19-17(22)18-11-7-10-15-8-3-1-4-9-15/h1,3-4,7-10H,2,5-6,11-14H2,(H2,18,19,22). The number of amides is 3. The van der Waals surface area contributed by atoms with Gasteiger partial charge in [0, 0.05) is 19.6 Å². The van der Waals surface area contributed by atoms with Gasteiger partial charge in [0.2, 0.25) is 5.91 Å². The molecule has 3 amide bonds. The van der Waals surface area contributed by atoms with E-state index in [9.17, 15) is 9.59 Å². The summed E-state index contributed by atoms with van der Waals surface area (Å²) < 4.78 is 0. The lowest BCUT2D eigenvalue weighted by atomic mass is 10.1. The number of carbonyl (C=O) groups excluding carboxylic acids is 2. The first kappa shape index (κ1) is 16.1. The second-order valence-electron chi connectivity index (χ2n) is 5.32. The van der Waals surface area contributed by atoms with Crippen LogP contribution in [0.3, 0.4) is 0 Å². The lowest BCUT2D eigenvalue weighted by Crippen LogP contribution is -2.45. The lowest BCUT2D eigenvalue weighted by Gasteiger charge is -2.26. The summed E-state index contributed by atoms with van der Waals surface area (Å²) in [4.78, 5) is 25.3. The van der Waals surface area contributed by atoms with E-state index in [0.29, 0.717) is 6.54 Å². The molecule has 0 bridgehead atoms. The topological polar surface area (TPSA) is 61.4 Å². The molecule has 1 saturated heterocycles. The van der Waals surface area contributed by atoms with Crippen molar-refractivity contribution in [2.45, 2.75) is 19.3 Å². The number of hydrogen-bond acceptors (Lipinski definition) is 2. The van der Waals surface area contributed by atoms with Crippen LogP contribution in [0.25, 0.3) is 6.08 Å². The smallest absolute Gasteiger partial charge is 0.315 e. The maximum Gasteiger partial charge on any atom is 0.315 e. The zero-order chi connectivity index (χ0) is 15.6. The summed E-state index contributed by atoms with van der Waals surface area (Å²) in [6.07, 6.45) is 7.12. The van der Waals surface area contributed by atoms with E-state index in [1.807, 2.05) is 47.4 Å². The lowest BCUT2D eigenvalue weighted by molar-refractivity contribution is -0.130. The van der Waals surface area contributed by atoms with Crippen molar-refractivity contribution in [3.05, 3.63) is 42.0 Å². The average molecular weight is 301 g/mol. The van der Waals surface area contributed by atoms with Gasteiger partial charge in [0.1, 0.15) is 0 Å². The van der Waals surface area contributed by atoms with Crippen LogP contribution in [0.2, 0.25) is 0 Å². The van der Waals surface area contributed by atoms with Crippen molar-refractivity contribution in [3.8, 4) is 0 Å². The van der Waals surface area contributed by atoms with Crippen LogP contribution in [0, 0.1) is 0 Å². The van der Waals surface area contributed by atoms with Crippen LogP contribution in [-0.2, 0) is 4.79 Å². The van der Waals surface area contributed by atoms with Crippen LogP contribution >= 0.6 is 0 Å². The number of urea groups is 1. The van der Waals surface area contributed by atoms with Crippen molar-refractivity contribution in [2.24, 2.45) is 0 Å². The van der Waals surface area contributed by atoms with Crippen LogP contribution in [0.5, 0.6) is 0 Å². The predicted octanol–water partition coefficient (Wildman–Crippen LogP) is 2.01. The van der Waals surface area contributed by atoms with Crippen molar-refractivity contribution in [2.75, 3.05) is 26.2 Å². The monoisotopic (exact) mass is 301 g/mol. The molecule has 0 aromatic heterocycles. The summed E-state index contributed by atoms with van der Waals surface area (Å²) in [5.41, 5.74) is 1.09.